The van der Waals surface area contributed by atoms with Gasteiger partial charge in [0.1, 0.15) is 0 Å². The van der Waals surface area contributed by atoms with Gasteiger partial charge in [0.05, 0.1) is 4.90 Å². The Balaban J connectivity index is 1.67. The molecule has 156 valence electrons. The van der Waals surface area contributed by atoms with Crippen molar-refractivity contribution in [3.63, 3.8) is 0 Å². The molecule has 0 saturated carbocycles. The molecule has 1 aliphatic rings. The first kappa shape index (κ1) is 22.0. The van der Waals surface area contributed by atoms with Crippen LogP contribution in [-0.2, 0) is 27.7 Å². The fraction of sp³-hybridized carbons (Fsp3) is 0.409. The Morgan fingerprint density at radius 3 is 2.41 bits per heavy atom. The highest BCUT2D eigenvalue weighted by atomic mass is 79.9. The quantitative estimate of drug-likeness (QED) is 0.592. The van der Waals surface area contributed by atoms with E-state index in [1.807, 2.05) is 43.0 Å². The van der Waals surface area contributed by atoms with E-state index in [1.54, 1.807) is 12.1 Å². The minimum Gasteiger partial charge on any atom is -0.309 e. The standard InChI is InChI=1S/C22H27BrN2O3S/c1-4-24(5-2)29(27,28)20-10-6-17(7-11-20)8-13-22(26)25-16(3)14-18-15-19(23)9-12-21(18)25/h6-7,9-12,15-16H,4-5,8,13-14H2,1-3H3. The molecule has 29 heavy (non-hydrogen) atoms. The number of rotatable bonds is 7. The van der Waals surface area contributed by atoms with E-state index in [0.717, 1.165) is 22.1 Å². The van der Waals surface area contributed by atoms with Crippen molar-refractivity contribution >= 4 is 37.5 Å². The Hall–Kier alpha value is -1.70. The highest BCUT2D eigenvalue weighted by Crippen LogP contribution is 2.34. The summed E-state index contributed by atoms with van der Waals surface area (Å²) < 4.78 is 27.6. The predicted molar refractivity (Wildman–Crippen MR) is 120 cm³/mol. The van der Waals surface area contributed by atoms with Crippen molar-refractivity contribution in [2.45, 2.75) is 51.0 Å². The molecule has 0 saturated heterocycles. The third kappa shape index (κ3) is 4.57. The number of aryl methyl sites for hydroxylation is 1. The summed E-state index contributed by atoms with van der Waals surface area (Å²) in [7, 11) is -3.45. The van der Waals surface area contributed by atoms with Gasteiger partial charge in [-0.3, -0.25) is 4.79 Å². The molecule has 0 radical (unpaired) electrons. The van der Waals surface area contributed by atoms with Crippen molar-refractivity contribution < 1.29 is 13.2 Å². The average molecular weight is 479 g/mol. The average Bonchev–Trinajstić information content (AvgIpc) is 3.02. The Morgan fingerprint density at radius 2 is 1.79 bits per heavy atom. The van der Waals surface area contributed by atoms with Crippen LogP contribution < -0.4 is 4.90 Å². The third-order valence-corrected chi connectivity index (χ3v) is 7.98. The van der Waals surface area contributed by atoms with Crippen molar-refractivity contribution in [3.05, 3.63) is 58.1 Å². The Labute approximate surface area is 181 Å². The van der Waals surface area contributed by atoms with Gasteiger partial charge < -0.3 is 4.90 Å². The smallest absolute Gasteiger partial charge is 0.243 e. The summed E-state index contributed by atoms with van der Waals surface area (Å²) in [6.45, 7) is 6.62. The Kier molecular flexibility index (Phi) is 6.81. The molecule has 1 aliphatic heterocycles. The lowest BCUT2D eigenvalue weighted by atomic mass is 10.1. The predicted octanol–water partition coefficient (Wildman–Crippen LogP) is 4.39. The van der Waals surface area contributed by atoms with Crippen LogP contribution in [0.25, 0.3) is 0 Å². The number of benzene rings is 2. The van der Waals surface area contributed by atoms with Crippen molar-refractivity contribution in [1.29, 1.82) is 0 Å². The molecule has 2 aromatic carbocycles. The maximum atomic E-state index is 12.9. The van der Waals surface area contributed by atoms with Crippen LogP contribution in [0.15, 0.2) is 51.8 Å². The van der Waals surface area contributed by atoms with Gasteiger partial charge in [0.2, 0.25) is 15.9 Å². The van der Waals surface area contributed by atoms with E-state index in [2.05, 4.69) is 28.9 Å². The third-order valence-electron chi connectivity index (χ3n) is 5.42. The minimum absolute atomic E-state index is 0.0958. The maximum Gasteiger partial charge on any atom is 0.243 e. The number of halogens is 1. The number of carbonyl (C=O) groups excluding carboxylic acids is 1. The van der Waals surface area contributed by atoms with E-state index in [1.165, 1.54) is 9.87 Å². The first-order valence-electron chi connectivity index (χ1n) is 9.97. The molecular weight excluding hydrogens is 452 g/mol. The number of amides is 1. The van der Waals surface area contributed by atoms with Crippen LogP contribution >= 0.6 is 15.9 Å². The van der Waals surface area contributed by atoms with E-state index in [9.17, 15) is 13.2 Å². The molecule has 3 rings (SSSR count). The summed E-state index contributed by atoms with van der Waals surface area (Å²) in [6, 6.07) is 13.1. The Morgan fingerprint density at radius 1 is 1.14 bits per heavy atom. The van der Waals surface area contributed by atoms with E-state index in [-0.39, 0.29) is 11.9 Å². The lowest BCUT2D eigenvalue weighted by Gasteiger charge is -2.23. The van der Waals surface area contributed by atoms with Crippen LogP contribution in [0.5, 0.6) is 0 Å². The lowest BCUT2D eigenvalue weighted by Crippen LogP contribution is -2.35. The second-order valence-electron chi connectivity index (χ2n) is 7.32. The number of hydrogen-bond acceptors (Lipinski definition) is 3. The van der Waals surface area contributed by atoms with Gasteiger partial charge in [-0.2, -0.15) is 4.31 Å². The topological polar surface area (TPSA) is 57.7 Å². The van der Waals surface area contributed by atoms with Gasteiger partial charge in [0, 0.05) is 35.7 Å². The van der Waals surface area contributed by atoms with Gasteiger partial charge in [-0.25, -0.2) is 8.42 Å². The summed E-state index contributed by atoms with van der Waals surface area (Å²) >= 11 is 3.49. The molecule has 5 nitrogen and oxygen atoms in total. The molecule has 1 amide bonds. The number of anilines is 1. The van der Waals surface area contributed by atoms with Crippen LogP contribution in [0.2, 0.25) is 0 Å². The lowest BCUT2D eigenvalue weighted by molar-refractivity contribution is -0.118. The molecule has 0 N–H and O–H groups in total. The Bertz CT molecular complexity index is 986. The van der Waals surface area contributed by atoms with Gasteiger partial charge in [-0.05, 0) is 61.2 Å². The molecule has 1 atom stereocenters. The second-order valence-corrected chi connectivity index (χ2v) is 10.2. The van der Waals surface area contributed by atoms with Crippen LogP contribution in [0.3, 0.4) is 0 Å². The fourth-order valence-electron chi connectivity index (χ4n) is 3.89. The van der Waals surface area contributed by atoms with Crippen molar-refractivity contribution in [1.82, 2.24) is 4.31 Å². The van der Waals surface area contributed by atoms with Gasteiger partial charge >= 0.3 is 0 Å². The summed E-state index contributed by atoms with van der Waals surface area (Å²) in [5.74, 6) is 0.0958. The zero-order valence-corrected chi connectivity index (χ0v) is 19.5. The maximum absolute atomic E-state index is 12.9. The summed E-state index contributed by atoms with van der Waals surface area (Å²) in [4.78, 5) is 15.1. The largest absolute Gasteiger partial charge is 0.309 e. The molecule has 7 heteroatoms. The number of fused-ring (bicyclic) bond motifs is 1. The van der Waals surface area contributed by atoms with Gasteiger partial charge in [-0.1, -0.05) is 41.9 Å². The summed E-state index contributed by atoms with van der Waals surface area (Å²) in [5, 5.41) is 0. The zero-order valence-electron chi connectivity index (χ0n) is 17.1. The number of hydrogen-bond donors (Lipinski definition) is 0. The molecular formula is C22H27BrN2O3S. The van der Waals surface area contributed by atoms with E-state index < -0.39 is 10.0 Å². The number of nitrogens with zero attached hydrogens (tertiary/aromatic N) is 2. The molecule has 1 unspecified atom stereocenters. The normalized spacial score (nSPS) is 16.3. The zero-order chi connectivity index (χ0) is 21.2. The highest BCUT2D eigenvalue weighted by Gasteiger charge is 2.30. The number of carbonyl (C=O) groups is 1. The van der Waals surface area contributed by atoms with E-state index >= 15 is 0 Å². The molecule has 0 fully saturated rings. The molecule has 1 heterocycles. The van der Waals surface area contributed by atoms with Crippen LogP contribution in [0.1, 0.15) is 38.3 Å². The van der Waals surface area contributed by atoms with Gasteiger partial charge in [0.15, 0.2) is 0 Å². The number of sulfonamides is 1. The summed E-state index contributed by atoms with van der Waals surface area (Å²) in [5.41, 5.74) is 3.14. The van der Waals surface area contributed by atoms with Crippen molar-refractivity contribution in [2.75, 3.05) is 18.0 Å². The molecule has 0 spiro atoms. The summed E-state index contributed by atoms with van der Waals surface area (Å²) in [6.07, 6.45) is 1.83. The van der Waals surface area contributed by atoms with E-state index in [0.29, 0.717) is 30.8 Å². The van der Waals surface area contributed by atoms with Crippen molar-refractivity contribution in [3.8, 4) is 0 Å². The highest BCUT2D eigenvalue weighted by molar-refractivity contribution is 9.10. The molecule has 0 bridgehead atoms. The molecule has 2 aromatic rings. The molecule has 0 aromatic heterocycles. The first-order chi connectivity index (χ1) is 13.8. The molecule has 0 aliphatic carbocycles. The fourth-order valence-corrected chi connectivity index (χ4v) is 5.76. The van der Waals surface area contributed by atoms with Gasteiger partial charge in [0.25, 0.3) is 0 Å². The van der Waals surface area contributed by atoms with E-state index in [4.69, 9.17) is 0 Å². The van der Waals surface area contributed by atoms with Crippen LogP contribution in [0, 0.1) is 0 Å². The minimum atomic E-state index is -3.45. The first-order valence-corrected chi connectivity index (χ1v) is 12.2. The monoisotopic (exact) mass is 478 g/mol. The second kappa shape index (κ2) is 8.98. The van der Waals surface area contributed by atoms with Crippen LogP contribution in [-0.4, -0.2) is 37.8 Å². The SMILES string of the molecule is CCN(CC)S(=O)(=O)c1ccc(CCC(=O)N2c3ccc(Br)cc3CC2C)cc1. The van der Waals surface area contributed by atoms with Crippen LogP contribution in [0.4, 0.5) is 5.69 Å². The van der Waals surface area contributed by atoms with Crippen molar-refractivity contribution in [2.24, 2.45) is 0 Å². The van der Waals surface area contributed by atoms with Gasteiger partial charge in [-0.15, -0.1) is 0 Å².